The minimum absolute atomic E-state index is 0.0163. The molecule has 0 spiro atoms. The zero-order chi connectivity index (χ0) is 77.2. The number of carboxylic acid groups (broad SMARTS) is 9. The van der Waals surface area contributed by atoms with Crippen molar-refractivity contribution < 1.29 is 127 Å². The molecule has 0 aliphatic carbocycles. The van der Waals surface area contributed by atoms with Gasteiger partial charge in [-0.1, -0.05) is 60.1 Å². The summed E-state index contributed by atoms with van der Waals surface area (Å²) in [5, 5.41) is 96.1. The molecule has 0 radical (unpaired) electrons. The van der Waals surface area contributed by atoms with Gasteiger partial charge in [0.25, 0.3) is 14.3 Å². The fraction of sp³-hybridized carbons (Fsp3) is 0.672. The van der Waals surface area contributed by atoms with Crippen LogP contribution in [0.25, 0.3) is 0 Å². The Morgan fingerprint density at radius 2 is 0.882 bits per heavy atom. The van der Waals surface area contributed by atoms with Crippen LogP contribution in [-0.2, 0) is 71.9 Å². The molecular weight excluding hydrogens is 1360 g/mol. The van der Waals surface area contributed by atoms with Crippen molar-refractivity contribution in [2.45, 2.75) is 185 Å². The Balaban J connectivity index is 2.15. The molecule has 0 saturated carbocycles. The number of Topliss-reactive ketones (excluding diaryl/α,β-unsaturated/α-hetero) is 3. The predicted octanol–water partition coefficient (Wildman–Crippen LogP) is 2.15. The summed E-state index contributed by atoms with van der Waals surface area (Å²) in [5.74, 6) is -21.2. The second-order valence-corrected chi connectivity index (χ2v) is 32.7. The molecule has 1 aromatic rings. The Bertz CT molecular complexity index is 3040. The summed E-state index contributed by atoms with van der Waals surface area (Å²) in [7, 11) is -3.76. The first kappa shape index (κ1) is 89.4. The smallest absolute Gasteiger partial charge is 0.326 e. The maximum Gasteiger partial charge on any atom is 0.326 e. The molecule has 0 aromatic heterocycles. The number of carbonyl (C=O) groups excluding carboxylic acids is 7. The number of aliphatic carboxylic acids is 9. The lowest BCUT2D eigenvalue weighted by molar-refractivity contribution is -0.147. The zero-order valence-corrected chi connectivity index (χ0v) is 59.9. The van der Waals surface area contributed by atoms with Crippen molar-refractivity contribution in [2.24, 2.45) is 17.8 Å². The number of ketones is 3. The Kier molecular flexibility index (Phi) is 38.5. The molecule has 572 valence electrons. The highest BCUT2D eigenvalue weighted by Crippen LogP contribution is 2.51. The molecule has 1 heterocycles. The van der Waals surface area contributed by atoms with Gasteiger partial charge in [0, 0.05) is 129 Å². The van der Waals surface area contributed by atoms with Gasteiger partial charge in [-0.2, -0.15) is 0 Å². The van der Waals surface area contributed by atoms with Gasteiger partial charge in [-0.05, 0) is 78.8 Å². The maximum absolute atomic E-state index is 17.2. The lowest BCUT2D eigenvalue weighted by Gasteiger charge is -2.44. The molecule has 1 saturated heterocycles. The molecule has 1 aromatic carbocycles. The van der Waals surface area contributed by atoms with E-state index in [0.717, 1.165) is 0 Å². The molecule has 102 heavy (non-hydrogen) atoms. The second-order valence-electron chi connectivity index (χ2n) is 27.8. The number of unbranched alkanes of at least 4 members (excludes halogenated alkanes) is 2. The molecular formula is C67H103FN8O25Si. The average molecular weight is 1470 g/mol. The zero-order valence-electron chi connectivity index (χ0n) is 58.9. The summed E-state index contributed by atoms with van der Waals surface area (Å²) in [4.78, 5) is 206. The topological polar surface area (TPSA) is 516 Å². The Morgan fingerprint density at radius 3 is 1.32 bits per heavy atom. The molecule has 2 rings (SSSR count). The third-order valence-corrected chi connectivity index (χ3v) is 23.0. The first-order chi connectivity index (χ1) is 47.5. The first-order valence-corrected chi connectivity index (χ1v) is 35.8. The van der Waals surface area contributed by atoms with Gasteiger partial charge >= 0.3 is 53.7 Å². The average Bonchev–Trinajstić information content (AvgIpc) is 0.748. The van der Waals surface area contributed by atoms with E-state index in [9.17, 15) is 118 Å². The van der Waals surface area contributed by atoms with Crippen LogP contribution in [0.15, 0.2) is 24.3 Å². The molecule has 13 N–H and O–H groups in total. The van der Waals surface area contributed by atoms with Gasteiger partial charge in [-0.25, -0.2) is 9.59 Å². The van der Waals surface area contributed by atoms with Crippen LogP contribution in [0, 0.1) is 17.8 Å². The van der Waals surface area contributed by atoms with E-state index in [0.29, 0.717) is 5.19 Å². The van der Waals surface area contributed by atoms with Crippen LogP contribution < -0.4 is 26.5 Å². The van der Waals surface area contributed by atoms with Gasteiger partial charge in [0.05, 0.1) is 37.4 Å². The monoisotopic (exact) mass is 1470 g/mol. The van der Waals surface area contributed by atoms with E-state index in [1.807, 2.05) is 41.5 Å². The summed E-state index contributed by atoms with van der Waals surface area (Å²) < 4.78 is 17.2. The van der Waals surface area contributed by atoms with Crippen molar-refractivity contribution in [3.63, 3.8) is 0 Å². The number of nitrogens with zero attached hydrogens (tertiary/aromatic N) is 4. The number of nitrogens with one attached hydrogen (secondary N) is 4. The number of rotatable bonds is 47. The molecule has 33 nitrogen and oxygen atoms in total. The summed E-state index contributed by atoms with van der Waals surface area (Å²) in [6.07, 6.45) is -4.80. The molecule has 1 aliphatic rings. The van der Waals surface area contributed by atoms with E-state index in [1.165, 1.54) is 43.9 Å². The standard InChI is InChI=1S/C67H103FN8O25Si/c1-66(2,3)102(68,67(4,5)6)49-20-14-42(15-21-49)59(90)70-38-45(37-47(78)18-22-52(65(100)101)76-33-31-74(40-57(86)87)29-27-73(39-56(84)85)28-30-75(32-34-76)41-58(88)89)60(91)72-51(64(98)99)13-9-10-26-69-53(80)24-19-46(77)11-7-8-12-50(63(96)97)71-54(81)23-16-43(61(92)93)35-48(79)36-44(62(94)95)17-25-55(82)83/h14-15,20-21,43-45,50-52H,7-13,16-19,22-41H2,1-6H3,(H,69,80)(H,70,90)(H,71,81)(H,72,91)(H,82,83)(H,84,85)(H,86,87)(H,88,89)(H,92,93)(H,94,95)(H,96,97)(H,98,99)(H,100,101)/t43-,44-,45+,50+,51-,52-/m1/s1. The number of benzene rings is 1. The van der Waals surface area contributed by atoms with Crippen molar-refractivity contribution in [1.29, 1.82) is 0 Å². The van der Waals surface area contributed by atoms with Gasteiger partial charge in [0.15, 0.2) is 0 Å². The first-order valence-electron chi connectivity index (χ1n) is 34.0. The van der Waals surface area contributed by atoms with Crippen LogP contribution in [0.2, 0.25) is 10.1 Å². The Morgan fingerprint density at radius 1 is 0.431 bits per heavy atom. The fourth-order valence-corrected chi connectivity index (χ4v) is 16.8. The van der Waals surface area contributed by atoms with Crippen molar-refractivity contribution in [3.05, 3.63) is 29.8 Å². The third-order valence-electron chi connectivity index (χ3n) is 17.7. The van der Waals surface area contributed by atoms with E-state index in [-0.39, 0.29) is 141 Å². The van der Waals surface area contributed by atoms with Crippen LogP contribution in [-0.4, -0.2) is 272 Å². The van der Waals surface area contributed by atoms with Gasteiger partial charge in [-0.3, -0.25) is 86.7 Å². The summed E-state index contributed by atoms with van der Waals surface area (Å²) in [6.45, 7) is 8.94. The van der Waals surface area contributed by atoms with Crippen molar-refractivity contribution >= 4 is 108 Å². The Hall–Kier alpha value is -8.67. The number of carbonyl (C=O) groups is 16. The number of carboxylic acids is 9. The van der Waals surface area contributed by atoms with Crippen LogP contribution in [0.4, 0.5) is 4.11 Å². The molecule has 4 amide bonds. The molecule has 0 unspecified atom stereocenters. The Labute approximate surface area is 591 Å². The predicted molar refractivity (Wildman–Crippen MR) is 364 cm³/mol. The number of amides is 4. The van der Waals surface area contributed by atoms with E-state index >= 15 is 4.11 Å². The van der Waals surface area contributed by atoms with E-state index in [4.69, 9.17) is 5.11 Å². The molecule has 35 heteroatoms. The normalized spacial score (nSPS) is 15.8. The number of hydrogen-bond donors (Lipinski definition) is 13. The SMILES string of the molecule is CC(C)(C)[Si](F)(c1ccc(C(=O)NC[C@H](CC(=O)CC[C@H](C(=O)O)N2CCN(CC(=O)O)CCN(CC(=O)O)CCN(CC(=O)O)CC2)C(=O)N[C@H](CCCCNC(=O)CCC(=O)CCCC[C@H](NC(=O)CC[C@H](CC(=O)C[C@@H](CCC(=O)O)C(=O)O)C(=O)O)C(=O)O)C(=O)O)cc1)C(C)(C)C. The molecule has 6 atom stereocenters. The van der Waals surface area contributed by atoms with Crippen molar-refractivity contribution in [1.82, 2.24) is 40.9 Å². The molecule has 1 fully saturated rings. The highest BCUT2D eigenvalue weighted by Gasteiger charge is 2.56. The second kappa shape index (κ2) is 44.0. The van der Waals surface area contributed by atoms with Gasteiger partial charge in [0.2, 0.25) is 17.7 Å². The lowest BCUT2D eigenvalue weighted by atomic mass is 9.90. The fourth-order valence-electron chi connectivity index (χ4n) is 12.2. The largest absolute Gasteiger partial charge is 0.481 e. The van der Waals surface area contributed by atoms with Crippen LogP contribution in [0.1, 0.15) is 167 Å². The highest BCUT2D eigenvalue weighted by atomic mass is 28.4. The third kappa shape index (κ3) is 33.4. The minimum atomic E-state index is -3.76. The minimum Gasteiger partial charge on any atom is -0.481 e. The van der Waals surface area contributed by atoms with E-state index in [1.54, 1.807) is 0 Å². The highest BCUT2D eigenvalue weighted by molar-refractivity contribution is 6.90. The lowest BCUT2D eigenvalue weighted by Crippen LogP contribution is -2.57. The van der Waals surface area contributed by atoms with E-state index < -0.39 is 214 Å². The van der Waals surface area contributed by atoms with Crippen molar-refractivity contribution in [3.8, 4) is 0 Å². The maximum atomic E-state index is 17.2. The van der Waals surface area contributed by atoms with Gasteiger partial charge < -0.3 is 71.3 Å². The number of hydrogen-bond acceptors (Lipinski definition) is 20. The van der Waals surface area contributed by atoms with Gasteiger partial charge in [0.1, 0.15) is 35.5 Å². The van der Waals surface area contributed by atoms with Crippen LogP contribution in [0.5, 0.6) is 0 Å². The summed E-state index contributed by atoms with van der Waals surface area (Å²) in [5.41, 5.74) is 0.0713. The van der Waals surface area contributed by atoms with E-state index in [2.05, 4.69) is 21.3 Å². The van der Waals surface area contributed by atoms with Crippen LogP contribution in [0.3, 0.4) is 0 Å². The number of halogens is 1. The van der Waals surface area contributed by atoms with Gasteiger partial charge in [-0.15, -0.1) is 0 Å². The molecule has 0 bridgehead atoms. The summed E-state index contributed by atoms with van der Waals surface area (Å²) >= 11 is 0. The molecule has 1 aliphatic heterocycles. The van der Waals surface area contributed by atoms with Crippen LogP contribution >= 0.6 is 0 Å². The van der Waals surface area contributed by atoms with Crippen molar-refractivity contribution in [2.75, 3.05) is 85.1 Å². The summed E-state index contributed by atoms with van der Waals surface area (Å²) in [6, 6.07) is 1.51. The quantitative estimate of drug-likeness (QED) is 0.0253.